The van der Waals surface area contributed by atoms with Gasteiger partial charge in [0.25, 0.3) is 11.6 Å². The highest BCUT2D eigenvalue weighted by Gasteiger charge is 2.14. The molecule has 0 heterocycles. The lowest BCUT2D eigenvalue weighted by atomic mass is 10.2. The van der Waals surface area contributed by atoms with Crippen molar-refractivity contribution in [2.24, 2.45) is 0 Å². The molecule has 2 aromatic carbocycles. The van der Waals surface area contributed by atoms with Gasteiger partial charge in [-0.15, -0.1) is 0 Å². The molecule has 0 spiro atoms. The number of nitrogens with one attached hydrogen (secondary N) is 1. The number of rotatable bonds is 8. The first-order valence-corrected chi connectivity index (χ1v) is 8.33. The fourth-order valence-electron chi connectivity index (χ4n) is 2.21. The molecule has 8 heteroatoms. The number of non-ortho nitro benzene ring substituents is 1. The van der Waals surface area contributed by atoms with Crippen LogP contribution in [-0.4, -0.2) is 48.4 Å². The zero-order chi connectivity index (χ0) is 19.8. The van der Waals surface area contributed by atoms with Gasteiger partial charge < -0.3 is 15.0 Å². The molecule has 0 atom stereocenters. The first-order valence-electron chi connectivity index (χ1n) is 8.33. The topological polar surface area (TPSA) is 102 Å². The van der Waals surface area contributed by atoms with Gasteiger partial charge >= 0.3 is 0 Å². The summed E-state index contributed by atoms with van der Waals surface area (Å²) in [5.41, 5.74) is 1.08. The van der Waals surface area contributed by atoms with Crippen LogP contribution in [0.4, 0.5) is 5.69 Å². The van der Waals surface area contributed by atoms with Gasteiger partial charge in [-0.25, -0.2) is 0 Å². The maximum atomic E-state index is 12.1. The van der Waals surface area contributed by atoms with Crippen LogP contribution in [0.2, 0.25) is 0 Å². The third-order valence-corrected chi connectivity index (χ3v) is 3.86. The lowest BCUT2D eigenvalue weighted by Gasteiger charge is -2.18. The molecule has 0 unspecified atom stereocenters. The van der Waals surface area contributed by atoms with Crippen LogP contribution in [0.25, 0.3) is 0 Å². The molecule has 0 aliphatic rings. The largest absolute Gasteiger partial charge is 0.492 e. The number of benzene rings is 2. The quantitative estimate of drug-likeness (QED) is 0.566. The van der Waals surface area contributed by atoms with Crippen LogP contribution in [0.3, 0.4) is 0 Å². The molecule has 0 saturated carbocycles. The van der Waals surface area contributed by atoms with Gasteiger partial charge in [-0.2, -0.15) is 0 Å². The van der Waals surface area contributed by atoms with Crippen LogP contribution in [-0.2, 0) is 4.79 Å². The summed E-state index contributed by atoms with van der Waals surface area (Å²) in [6.07, 6.45) is 0. The summed E-state index contributed by atoms with van der Waals surface area (Å²) in [4.78, 5) is 35.8. The number of nitro benzene ring substituents is 1. The number of amides is 2. The smallest absolute Gasteiger partial charge is 0.270 e. The first-order chi connectivity index (χ1) is 12.9. The van der Waals surface area contributed by atoms with E-state index in [2.05, 4.69) is 5.32 Å². The number of likely N-dealkylation sites (N-methyl/N-ethyl adjacent to an activating group) is 1. The second-order valence-electron chi connectivity index (χ2n) is 5.97. The third-order valence-electron chi connectivity index (χ3n) is 3.86. The van der Waals surface area contributed by atoms with Crippen molar-refractivity contribution >= 4 is 17.5 Å². The third kappa shape index (κ3) is 6.10. The van der Waals surface area contributed by atoms with Crippen molar-refractivity contribution in [1.82, 2.24) is 10.2 Å². The summed E-state index contributed by atoms with van der Waals surface area (Å²) < 4.78 is 5.57. The average molecular weight is 371 g/mol. The van der Waals surface area contributed by atoms with Crippen molar-refractivity contribution in [3.8, 4) is 5.75 Å². The van der Waals surface area contributed by atoms with Gasteiger partial charge in [0, 0.05) is 24.7 Å². The van der Waals surface area contributed by atoms with Gasteiger partial charge in [0.1, 0.15) is 12.4 Å². The summed E-state index contributed by atoms with van der Waals surface area (Å²) in [5.74, 6) is -0.113. The second-order valence-corrected chi connectivity index (χ2v) is 5.97. The van der Waals surface area contributed by atoms with E-state index >= 15 is 0 Å². The van der Waals surface area contributed by atoms with Crippen LogP contribution < -0.4 is 10.1 Å². The lowest BCUT2D eigenvalue weighted by molar-refractivity contribution is -0.384. The molecule has 0 aliphatic heterocycles. The Kier molecular flexibility index (Phi) is 6.87. The minimum atomic E-state index is -0.580. The van der Waals surface area contributed by atoms with E-state index in [1.54, 1.807) is 7.05 Å². The first kappa shape index (κ1) is 19.9. The minimum absolute atomic E-state index is 0.127. The number of carbonyl (C=O) groups is 2. The summed E-state index contributed by atoms with van der Waals surface area (Å²) in [6.45, 7) is 2.46. The SMILES string of the molecule is Cc1ccc(OCCN(C)C(=O)CNC(=O)c2cccc([N+](=O)[O-])c2)cc1. The molecule has 1 N–H and O–H groups in total. The molecule has 2 aromatic rings. The number of nitrogens with zero attached hydrogens (tertiary/aromatic N) is 2. The molecule has 0 aliphatic carbocycles. The molecule has 8 nitrogen and oxygen atoms in total. The molecule has 2 amide bonds. The molecule has 0 saturated heterocycles. The Morgan fingerprint density at radius 3 is 2.56 bits per heavy atom. The van der Waals surface area contributed by atoms with E-state index in [1.807, 2.05) is 31.2 Å². The maximum Gasteiger partial charge on any atom is 0.270 e. The number of ether oxygens (including phenoxy) is 1. The van der Waals surface area contributed by atoms with Crippen molar-refractivity contribution in [1.29, 1.82) is 0 Å². The van der Waals surface area contributed by atoms with Crippen molar-refractivity contribution in [2.75, 3.05) is 26.7 Å². The number of aryl methyl sites for hydroxylation is 1. The molecule has 27 heavy (non-hydrogen) atoms. The summed E-state index contributed by atoms with van der Waals surface area (Å²) in [7, 11) is 1.61. The van der Waals surface area contributed by atoms with Crippen LogP contribution in [0, 0.1) is 17.0 Å². The van der Waals surface area contributed by atoms with Crippen LogP contribution >= 0.6 is 0 Å². The van der Waals surface area contributed by atoms with E-state index in [0.29, 0.717) is 13.2 Å². The van der Waals surface area contributed by atoms with E-state index in [0.717, 1.165) is 11.3 Å². The van der Waals surface area contributed by atoms with Gasteiger partial charge in [-0.3, -0.25) is 19.7 Å². The highest BCUT2D eigenvalue weighted by Crippen LogP contribution is 2.13. The molecular formula is C19H21N3O5. The van der Waals surface area contributed by atoms with Gasteiger partial charge in [-0.05, 0) is 25.1 Å². The fourth-order valence-corrected chi connectivity index (χ4v) is 2.21. The van der Waals surface area contributed by atoms with Crippen LogP contribution in [0.15, 0.2) is 48.5 Å². The van der Waals surface area contributed by atoms with E-state index in [9.17, 15) is 19.7 Å². The maximum absolute atomic E-state index is 12.1. The number of hydrogen-bond acceptors (Lipinski definition) is 5. The van der Waals surface area contributed by atoms with Crippen molar-refractivity contribution < 1.29 is 19.2 Å². The van der Waals surface area contributed by atoms with Crippen molar-refractivity contribution in [3.05, 3.63) is 69.8 Å². The molecular weight excluding hydrogens is 350 g/mol. The van der Waals surface area contributed by atoms with Crippen molar-refractivity contribution in [3.63, 3.8) is 0 Å². The Balaban J connectivity index is 1.77. The minimum Gasteiger partial charge on any atom is -0.492 e. The molecule has 0 bridgehead atoms. The Morgan fingerprint density at radius 2 is 1.89 bits per heavy atom. The summed E-state index contributed by atoms with van der Waals surface area (Å²) >= 11 is 0. The monoisotopic (exact) mass is 371 g/mol. The Hall–Kier alpha value is -3.42. The highest BCUT2D eigenvalue weighted by molar-refractivity contribution is 5.96. The predicted octanol–water partition coefficient (Wildman–Crippen LogP) is 2.17. The lowest BCUT2D eigenvalue weighted by Crippen LogP contribution is -2.39. The number of carbonyl (C=O) groups excluding carboxylic acids is 2. The summed E-state index contributed by atoms with van der Waals surface area (Å²) in [6, 6.07) is 12.9. The van der Waals surface area contributed by atoms with E-state index in [4.69, 9.17) is 4.74 Å². The molecule has 0 fully saturated rings. The zero-order valence-electron chi connectivity index (χ0n) is 15.2. The van der Waals surface area contributed by atoms with E-state index in [1.165, 1.54) is 29.2 Å². The summed E-state index contributed by atoms with van der Waals surface area (Å²) in [5, 5.41) is 13.2. The molecule has 0 radical (unpaired) electrons. The Bertz CT molecular complexity index is 820. The van der Waals surface area contributed by atoms with Gasteiger partial charge in [0.05, 0.1) is 18.0 Å². The number of hydrogen-bond donors (Lipinski definition) is 1. The fraction of sp³-hybridized carbons (Fsp3) is 0.263. The van der Waals surface area contributed by atoms with Gasteiger partial charge in [0.15, 0.2) is 0 Å². The Labute approximate surface area is 156 Å². The normalized spacial score (nSPS) is 10.1. The standard InChI is InChI=1S/C19H21N3O5/c1-14-6-8-17(9-7-14)27-11-10-21(2)18(23)13-20-19(24)15-4-3-5-16(12-15)22(25)26/h3-9,12H,10-11,13H2,1-2H3,(H,20,24). The van der Waals surface area contributed by atoms with Crippen LogP contribution in [0.5, 0.6) is 5.75 Å². The second kappa shape index (κ2) is 9.33. The number of nitro groups is 1. The zero-order valence-corrected chi connectivity index (χ0v) is 15.2. The van der Waals surface area contributed by atoms with Crippen molar-refractivity contribution in [2.45, 2.75) is 6.92 Å². The highest BCUT2D eigenvalue weighted by atomic mass is 16.6. The molecule has 2 rings (SSSR count). The van der Waals surface area contributed by atoms with Gasteiger partial charge in [-0.1, -0.05) is 23.8 Å². The Morgan fingerprint density at radius 1 is 1.19 bits per heavy atom. The van der Waals surface area contributed by atoms with E-state index in [-0.39, 0.29) is 23.7 Å². The molecule has 142 valence electrons. The average Bonchev–Trinajstić information content (AvgIpc) is 2.67. The van der Waals surface area contributed by atoms with E-state index < -0.39 is 10.8 Å². The molecule has 0 aromatic heterocycles. The van der Waals surface area contributed by atoms with Gasteiger partial charge in [0.2, 0.25) is 5.91 Å². The van der Waals surface area contributed by atoms with Crippen LogP contribution in [0.1, 0.15) is 15.9 Å². The predicted molar refractivity (Wildman–Crippen MR) is 99.7 cm³/mol.